The molecule has 84 valence electrons. The van der Waals surface area contributed by atoms with Gasteiger partial charge in [-0.1, -0.05) is 0 Å². The van der Waals surface area contributed by atoms with E-state index in [1.54, 1.807) is 0 Å². The molecule has 0 aliphatic heterocycles. The molecule has 0 unspecified atom stereocenters. The molecule has 6 heteroatoms. The van der Waals surface area contributed by atoms with Crippen LogP contribution in [0, 0.1) is 0 Å². The molecule has 1 aromatic heterocycles. The van der Waals surface area contributed by atoms with Crippen molar-refractivity contribution in [1.82, 2.24) is 4.57 Å². The van der Waals surface area contributed by atoms with E-state index in [-0.39, 0.29) is 11.9 Å². The van der Waals surface area contributed by atoms with Crippen LogP contribution in [0.25, 0.3) is 10.9 Å². The van der Waals surface area contributed by atoms with Gasteiger partial charge in [0, 0.05) is 11.1 Å². The average Bonchev–Trinajstić information content (AvgIpc) is 2.54. The van der Waals surface area contributed by atoms with Gasteiger partial charge in [-0.2, -0.15) is 13.2 Å². The molecule has 0 amide bonds. The molecular weight excluding hydrogens is 221 g/mol. The zero-order valence-corrected chi connectivity index (χ0v) is 7.95. The van der Waals surface area contributed by atoms with Crippen LogP contribution in [-0.2, 0) is 11.0 Å². The van der Waals surface area contributed by atoms with Crippen molar-refractivity contribution in [1.29, 1.82) is 0 Å². The Bertz CT molecular complexity index is 557. The van der Waals surface area contributed by atoms with Crippen LogP contribution in [0.4, 0.5) is 18.9 Å². The summed E-state index contributed by atoms with van der Waals surface area (Å²) in [4.78, 5) is 10.7. The van der Waals surface area contributed by atoms with Gasteiger partial charge in [-0.05, 0) is 24.3 Å². The van der Waals surface area contributed by atoms with E-state index in [2.05, 4.69) is 0 Å². The number of carbonyl (C=O) groups is 1. The van der Waals surface area contributed by atoms with Gasteiger partial charge in [-0.3, -0.25) is 9.36 Å². The van der Waals surface area contributed by atoms with E-state index >= 15 is 0 Å². The topological polar surface area (TPSA) is 48.0 Å². The number of aromatic nitrogens is 1. The van der Waals surface area contributed by atoms with E-state index in [1.807, 2.05) is 0 Å². The zero-order chi connectivity index (χ0) is 11.9. The zero-order valence-electron chi connectivity index (χ0n) is 7.95. The van der Waals surface area contributed by atoms with Crippen LogP contribution in [0.1, 0.15) is 5.69 Å². The second kappa shape index (κ2) is 3.26. The second-order valence-electron chi connectivity index (χ2n) is 3.32. The molecule has 1 heterocycles. The van der Waals surface area contributed by atoms with Crippen LogP contribution in [0.15, 0.2) is 24.3 Å². The van der Waals surface area contributed by atoms with E-state index in [4.69, 9.17) is 5.73 Å². The van der Waals surface area contributed by atoms with Gasteiger partial charge in [0.05, 0.1) is 5.52 Å². The van der Waals surface area contributed by atoms with Crippen LogP contribution in [0.2, 0.25) is 0 Å². The van der Waals surface area contributed by atoms with Crippen LogP contribution < -0.4 is 5.73 Å². The Balaban J connectivity index is 2.81. The highest BCUT2D eigenvalue weighted by Crippen LogP contribution is 2.33. The molecule has 0 aliphatic rings. The number of nitrogens with two attached hydrogens (primary N) is 1. The van der Waals surface area contributed by atoms with Crippen molar-refractivity contribution < 1.29 is 18.0 Å². The number of alkyl halides is 3. The van der Waals surface area contributed by atoms with E-state index in [9.17, 15) is 18.0 Å². The van der Waals surface area contributed by atoms with Gasteiger partial charge in [0.2, 0.25) is 6.41 Å². The Morgan fingerprint density at radius 3 is 2.50 bits per heavy atom. The summed E-state index contributed by atoms with van der Waals surface area (Å²) in [5.74, 6) is 0. The summed E-state index contributed by atoms with van der Waals surface area (Å²) in [6, 6.07) is 5.13. The summed E-state index contributed by atoms with van der Waals surface area (Å²) >= 11 is 0. The van der Waals surface area contributed by atoms with Crippen molar-refractivity contribution in [2.45, 2.75) is 6.18 Å². The summed E-state index contributed by atoms with van der Waals surface area (Å²) in [6.45, 7) is 0. The number of nitrogen functional groups attached to an aromatic ring is 1. The second-order valence-corrected chi connectivity index (χ2v) is 3.32. The number of nitrogens with zero attached hydrogens (tertiary/aromatic N) is 1. The van der Waals surface area contributed by atoms with Crippen LogP contribution in [0.5, 0.6) is 0 Å². The first-order valence-electron chi connectivity index (χ1n) is 4.36. The molecule has 2 aromatic rings. The van der Waals surface area contributed by atoms with E-state index < -0.39 is 11.9 Å². The maximum absolute atomic E-state index is 12.6. The first-order valence-corrected chi connectivity index (χ1v) is 4.36. The first-order chi connectivity index (χ1) is 7.43. The fraction of sp³-hybridized carbons (Fsp3) is 0.100. The van der Waals surface area contributed by atoms with Gasteiger partial charge in [0.1, 0.15) is 5.69 Å². The monoisotopic (exact) mass is 228 g/mol. The number of hydrogen-bond donors (Lipinski definition) is 1. The molecular formula is C10H7F3N2O. The Hall–Kier alpha value is -1.98. The normalized spacial score (nSPS) is 11.9. The quantitative estimate of drug-likeness (QED) is 0.601. The molecule has 0 atom stereocenters. The predicted octanol–water partition coefficient (Wildman–Crippen LogP) is 2.28. The third-order valence-electron chi connectivity index (χ3n) is 2.26. The molecule has 1 aromatic carbocycles. The summed E-state index contributed by atoms with van der Waals surface area (Å²) < 4.78 is 38.3. The van der Waals surface area contributed by atoms with E-state index in [1.165, 1.54) is 18.2 Å². The first kappa shape index (κ1) is 10.5. The number of fused-ring (bicyclic) bond motifs is 1. The van der Waals surface area contributed by atoms with Crippen LogP contribution in [-0.4, -0.2) is 11.0 Å². The van der Waals surface area contributed by atoms with Gasteiger partial charge in [-0.25, -0.2) is 0 Å². The molecule has 0 saturated heterocycles. The largest absolute Gasteiger partial charge is 0.431 e. The van der Waals surface area contributed by atoms with Crippen molar-refractivity contribution in [2.24, 2.45) is 0 Å². The average molecular weight is 228 g/mol. The lowest BCUT2D eigenvalue weighted by atomic mass is 10.2. The lowest BCUT2D eigenvalue weighted by Crippen LogP contribution is -2.12. The molecule has 3 nitrogen and oxygen atoms in total. The number of rotatable bonds is 1. The molecule has 0 aliphatic carbocycles. The molecule has 0 spiro atoms. The minimum absolute atomic E-state index is 0.140. The third kappa shape index (κ3) is 1.52. The SMILES string of the molecule is Nc1ccc2c(c1)cc(C(F)(F)F)n2C=O. The van der Waals surface area contributed by atoms with Crippen molar-refractivity contribution in [3.63, 3.8) is 0 Å². The van der Waals surface area contributed by atoms with Crippen LogP contribution >= 0.6 is 0 Å². The fourth-order valence-corrected chi connectivity index (χ4v) is 1.59. The molecule has 2 N–H and O–H groups in total. The molecule has 0 bridgehead atoms. The highest BCUT2D eigenvalue weighted by atomic mass is 19.4. The number of carbonyl (C=O) groups excluding carboxylic acids is 1. The van der Waals surface area contributed by atoms with Crippen LogP contribution in [0.3, 0.4) is 0 Å². The van der Waals surface area contributed by atoms with Gasteiger partial charge < -0.3 is 5.73 Å². The Morgan fingerprint density at radius 1 is 1.25 bits per heavy atom. The van der Waals surface area contributed by atoms with Gasteiger partial charge in [0.25, 0.3) is 0 Å². The lowest BCUT2D eigenvalue weighted by molar-refractivity contribution is -0.141. The van der Waals surface area contributed by atoms with Crippen molar-refractivity contribution in [3.8, 4) is 0 Å². The third-order valence-corrected chi connectivity index (χ3v) is 2.26. The summed E-state index contributed by atoms with van der Waals surface area (Å²) in [5, 5.41) is 0.291. The molecule has 0 fully saturated rings. The maximum atomic E-state index is 12.6. The Kier molecular flexibility index (Phi) is 2.15. The Morgan fingerprint density at radius 2 is 1.94 bits per heavy atom. The molecule has 0 radical (unpaired) electrons. The van der Waals surface area contributed by atoms with Gasteiger partial charge >= 0.3 is 6.18 Å². The molecule has 2 rings (SSSR count). The maximum Gasteiger partial charge on any atom is 0.431 e. The fourth-order valence-electron chi connectivity index (χ4n) is 1.59. The Labute approximate surface area is 88.3 Å². The highest BCUT2D eigenvalue weighted by molar-refractivity contribution is 5.89. The minimum atomic E-state index is -4.56. The standard InChI is InChI=1S/C10H7F3N2O/c11-10(12,13)9-4-6-3-7(14)1-2-8(6)15(9)5-16/h1-5H,14H2. The summed E-state index contributed by atoms with van der Waals surface area (Å²) in [7, 11) is 0. The van der Waals surface area contributed by atoms with Gasteiger partial charge in [0.15, 0.2) is 0 Å². The lowest BCUT2D eigenvalue weighted by Gasteiger charge is -2.06. The van der Waals surface area contributed by atoms with Crippen molar-refractivity contribution in [3.05, 3.63) is 30.0 Å². The molecule has 16 heavy (non-hydrogen) atoms. The molecule has 0 saturated carbocycles. The van der Waals surface area contributed by atoms with Crippen molar-refractivity contribution >= 4 is 23.0 Å². The number of benzene rings is 1. The van der Waals surface area contributed by atoms with Crippen molar-refractivity contribution in [2.75, 3.05) is 5.73 Å². The summed E-state index contributed by atoms with van der Waals surface area (Å²) in [6.07, 6.45) is -4.42. The van der Waals surface area contributed by atoms with E-state index in [0.717, 1.165) is 6.07 Å². The number of anilines is 1. The minimum Gasteiger partial charge on any atom is -0.399 e. The number of hydrogen-bond acceptors (Lipinski definition) is 2. The predicted molar refractivity (Wildman–Crippen MR) is 53.5 cm³/mol. The van der Waals surface area contributed by atoms with E-state index in [0.29, 0.717) is 15.6 Å². The van der Waals surface area contributed by atoms with Gasteiger partial charge in [-0.15, -0.1) is 0 Å². The summed E-state index contributed by atoms with van der Waals surface area (Å²) in [5.41, 5.74) is 5.00. The highest BCUT2D eigenvalue weighted by Gasteiger charge is 2.35. The number of halogens is 3. The smallest absolute Gasteiger partial charge is 0.399 e.